The molecule has 0 saturated carbocycles. The standard InChI is InChI=1S/C14H24N2O2/c1-5-8-14(4,7-3)10-15-13(17)12-9-11(6-2)18-16-12/h9H,5-8,10H2,1-4H3,(H,15,17). The first kappa shape index (κ1) is 14.7. The van der Waals surface area contributed by atoms with Gasteiger partial charge in [-0.2, -0.15) is 0 Å². The fraction of sp³-hybridized carbons (Fsp3) is 0.714. The summed E-state index contributed by atoms with van der Waals surface area (Å²) in [5.74, 6) is 0.598. The number of aromatic nitrogens is 1. The Hall–Kier alpha value is -1.32. The number of nitrogens with one attached hydrogen (secondary N) is 1. The number of carbonyl (C=O) groups excluding carboxylic acids is 1. The minimum atomic E-state index is -0.144. The molecule has 1 aromatic rings. The number of nitrogens with zero attached hydrogens (tertiary/aromatic N) is 1. The first-order valence-corrected chi connectivity index (χ1v) is 6.78. The molecule has 0 radical (unpaired) electrons. The molecule has 1 unspecified atom stereocenters. The molecule has 1 heterocycles. The van der Waals surface area contributed by atoms with Crippen molar-refractivity contribution >= 4 is 5.91 Å². The summed E-state index contributed by atoms with van der Waals surface area (Å²) >= 11 is 0. The summed E-state index contributed by atoms with van der Waals surface area (Å²) in [5.41, 5.74) is 0.545. The smallest absolute Gasteiger partial charge is 0.273 e. The first-order valence-electron chi connectivity index (χ1n) is 6.78. The van der Waals surface area contributed by atoms with E-state index < -0.39 is 0 Å². The zero-order chi connectivity index (χ0) is 13.6. The highest BCUT2D eigenvalue weighted by Gasteiger charge is 2.22. The van der Waals surface area contributed by atoms with Crippen LogP contribution >= 0.6 is 0 Å². The molecule has 1 amide bonds. The highest BCUT2D eigenvalue weighted by molar-refractivity contribution is 5.92. The van der Waals surface area contributed by atoms with Crippen LogP contribution in [0.1, 0.15) is 63.2 Å². The maximum Gasteiger partial charge on any atom is 0.273 e. The summed E-state index contributed by atoms with van der Waals surface area (Å²) in [7, 11) is 0. The van der Waals surface area contributed by atoms with E-state index >= 15 is 0 Å². The third kappa shape index (κ3) is 3.86. The lowest BCUT2D eigenvalue weighted by atomic mass is 9.83. The van der Waals surface area contributed by atoms with Crippen molar-refractivity contribution in [3.8, 4) is 0 Å². The van der Waals surface area contributed by atoms with E-state index in [1.807, 2.05) is 6.92 Å². The van der Waals surface area contributed by atoms with E-state index in [0.29, 0.717) is 12.2 Å². The van der Waals surface area contributed by atoms with E-state index in [1.165, 1.54) is 0 Å². The molecule has 1 aromatic heterocycles. The molecule has 0 aliphatic rings. The van der Waals surface area contributed by atoms with E-state index in [9.17, 15) is 4.79 Å². The zero-order valence-electron chi connectivity index (χ0n) is 11.9. The van der Waals surface area contributed by atoms with Gasteiger partial charge in [0.05, 0.1) is 0 Å². The Kier molecular flexibility index (Phi) is 5.38. The van der Waals surface area contributed by atoms with Gasteiger partial charge in [-0.3, -0.25) is 4.79 Å². The Bertz CT molecular complexity index is 387. The maximum absolute atomic E-state index is 11.9. The summed E-state index contributed by atoms with van der Waals surface area (Å²) in [6.45, 7) is 9.19. The predicted octanol–water partition coefficient (Wildman–Crippen LogP) is 3.18. The zero-order valence-corrected chi connectivity index (χ0v) is 11.9. The Balaban J connectivity index is 2.54. The second-order valence-corrected chi connectivity index (χ2v) is 5.13. The minimum absolute atomic E-state index is 0.144. The number of hydrogen-bond donors (Lipinski definition) is 1. The van der Waals surface area contributed by atoms with E-state index in [-0.39, 0.29) is 11.3 Å². The SMILES string of the molecule is CCCC(C)(CC)CNC(=O)c1cc(CC)on1. The van der Waals surface area contributed by atoms with Crippen molar-refractivity contribution in [1.82, 2.24) is 10.5 Å². The van der Waals surface area contributed by atoms with Crippen LogP contribution in [0.4, 0.5) is 0 Å². The van der Waals surface area contributed by atoms with Crippen molar-refractivity contribution in [2.24, 2.45) is 5.41 Å². The molecule has 1 atom stereocenters. The number of amides is 1. The summed E-state index contributed by atoms with van der Waals surface area (Å²) in [6.07, 6.45) is 4.05. The van der Waals surface area contributed by atoms with Crippen LogP contribution in [0.2, 0.25) is 0 Å². The maximum atomic E-state index is 11.9. The fourth-order valence-corrected chi connectivity index (χ4v) is 1.96. The lowest BCUT2D eigenvalue weighted by molar-refractivity contribution is 0.0920. The molecule has 0 aromatic carbocycles. The minimum Gasteiger partial charge on any atom is -0.361 e. The van der Waals surface area contributed by atoms with Gasteiger partial charge < -0.3 is 9.84 Å². The van der Waals surface area contributed by atoms with Crippen LogP contribution in [0.25, 0.3) is 0 Å². The Morgan fingerprint density at radius 2 is 2.17 bits per heavy atom. The molecule has 18 heavy (non-hydrogen) atoms. The molecule has 4 heteroatoms. The summed E-state index contributed by atoms with van der Waals surface area (Å²) < 4.78 is 5.03. The van der Waals surface area contributed by atoms with Gasteiger partial charge in [0.15, 0.2) is 5.69 Å². The molecule has 0 aliphatic heterocycles. The average Bonchev–Trinajstić information content (AvgIpc) is 2.85. The summed E-state index contributed by atoms with van der Waals surface area (Å²) in [4.78, 5) is 11.9. The molecule has 0 aliphatic carbocycles. The average molecular weight is 252 g/mol. The highest BCUT2D eigenvalue weighted by Crippen LogP contribution is 2.26. The van der Waals surface area contributed by atoms with Gasteiger partial charge >= 0.3 is 0 Å². The Morgan fingerprint density at radius 1 is 1.44 bits per heavy atom. The van der Waals surface area contributed by atoms with Gasteiger partial charge in [0, 0.05) is 19.0 Å². The monoisotopic (exact) mass is 252 g/mol. The van der Waals surface area contributed by atoms with Crippen LogP contribution in [0.15, 0.2) is 10.6 Å². The Morgan fingerprint density at radius 3 is 2.67 bits per heavy atom. The Labute approximate surface area is 109 Å². The van der Waals surface area contributed by atoms with Gasteiger partial charge in [-0.1, -0.05) is 39.3 Å². The molecule has 0 fully saturated rings. The van der Waals surface area contributed by atoms with Crippen LogP contribution in [-0.2, 0) is 6.42 Å². The van der Waals surface area contributed by atoms with Crippen LogP contribution in [0, 0.1) is 5.41 Å². The van der Waals surface area contributed by atoms with Crippen LogP contribution < -0.4 is 5.32 Å². The quantitative estimate of drug-likeness (QED) is 0.810. The second-order valence-electron chi connectivity index (χ2n) is 5.13. The van der Waals surface area contributed by atoms with Crippen molar-refractivity contribution in [3.63, 3.8) is 0 Å². The molecule has 102 valence electrons. The third-order valence-electron chi connectivity index (χ3n) is 3.52. The highest BCUT2D eigenvalue weighted by atomic mass is 16.5. The summed E-state index contributed by atoms with van der Waals surface area (Å²) in [6, 6.07) is 1.71. The molecule has 0 spiro atoms. The van der Waals surface area contributed by atoms with Crippen LogP contribution in [0.3, 0.4) is 0 Å². The third-order valence-corrected chi connectivity index (χ3v) is 3.52. The van der Waals surface area contributed by atoms with Crippen LogP contribution in [-0.4, -0.2) is 17.6 Å². The predicted molar refractivity (Wildman–Crippen MR) is 71.5 cm³/mol. The van der Waals surface area contributed by atoms with Gasteiger partial charge in [-0.15, -0.1) is 0 Å². The topological polar surface area (TPSA) is 55.1 Å². The number of hydrogen-bond acceptors (Lipinski definition) is 3. The fourth-order valence-electron chi connectivity index (χ4n) is 1.96. The molecule has 1 N–H and O–H groups in total. The largest absolute Gasteiger partial charge is 0.361 e. The van der Waals surface area contributed by atoms with Crippen molar-refractivity contribution < 1.29 is 9.32 Å². The number of carbonyl (C=O) groups is 1. The molecule has 0 bridgehead atoms. The van der Waals surface area contributed by atoms with Gasteiger partial charge in [-0.25, -0.2) is 0 Å². The molecule has 0 saturated heterocycles. The number of aryl methyl sites for hydroxylation is 1. The van der Waals surface area contributed by atoms with Crippen molar-refractivity contribution in [2.45, 2.75) is 53.4 Å². The van der Waals surface area contributed by atoms with Crippen molar-refractivity contribution in [1.29, 1.82) is 0 Å². The molecular formula is C14H24N2O2. The van der Waals surface area contributed by atoms with E-state index in [4.69, 9.17) is 4.52 Å². The van der Waals surface area contributed by atoms with Crippen LogP contribution in [0.5, 0.6) is 0 Å². The van der Waals surface area contributed by atoms with E-state index in [0.717, 1.165) is 31.4 Å². The van der Waals surface area contributed by atoms with Gasteiger partial charge in [0.25, 0.3) is 5.91 Å². The van der Waals surface area contributed by atoms with E-state index in [2.05, 4.69) is 31.2 Å². The van der Waals surface area contributed by atoms with Gasteiger partial charge in [0.2, 0.25) is 0 Å². The normalized spacial score (nSPS) is 14.2. The summed E-state index contributed by atoms with van der Waals surface area (Å²) in [5, 5.41) is 6.72. The molecule has 4 nitrogen and oxygen atoms in total. The van der Waals surface area contributed by atoms with Gasteiger partial charge in [0.1, 0.15) is 5.76 Å². The molecular weight excluding hydrogens is 228 g/mol. The molecule has 1 rings (SSSR count). The van der Waals surface area contributed by atoms with E-state index in [1.54, 1.807) is 6.07 Å². The van der Waals surface area contributed by atoms with Gasteiger partial charge in [-0.05, 0) is 18.3 Å². The lowest BCUT2D eigenvalue weighted by Crippen LogP contribution is -2.35. The van der Waals surface area contributed by atoms with Crippen molar-refractivity contribution in [3.05, 3.63) is 17.5 Å². The second kappa shape index (κ2) is 6.57. The lowest BCUT2D eigenvalue weighted by Gasteiger charge is -2.27. The first-order chi connectivity index (χ1) is 8.54. The number of rotatable bonds is 7. The van der Waals surface area contributed by atoms with Crippen molar-refractivity contribution in [2.75, 3.05) is 6.54 Å².